The Labute approximate surface area is 109 Å². The summed E-state index contributed by atoms with van der Waals surface area (Å²) < 4.78 is 5.15. The zero-order chi connectivity index (χ0) is 13.0. The average molecular weight is 250 g/mol. The number of ether oxygens (including phenoxy) is 1. The summed E-state index contributed by atoms with van der Waals surface area (Å²) in [6.45, 7) is 6.41. The molecule has 0 atom stereocenters. The molecule has 0 N–H and O–H groups in total. The van der Waals surface area contributed by atoms with Gasteiger partial charge in [0.2, 0.25) is 0 Å². The second-order valence-corrected chi connectivity index (χ2v) is 5.06. The van der Waals surface area contributed by atoms with Crippen LogP contribution in [-0.4, -0.2) is 41.6 Å². The fraction of sp³-hybridized carbons (Fsp3) is 0.643. The Kier molecular flexibility index (Phi) is 4.28. The second kappa shape index (κ2) is 5.94. The van der Waals surface area contributed by atoms with Crippen molar-refractivity contribution in [2.75, 3.05) is 19.7 Å². The Balaban J connectivity index is 2.11. The maximum atomic E-state index is 12.6. The van der Waals surface area contributed by atoms with Crippen molar-refractivity contribution in [1.82, 2.24) is 9.80 Å². The fourth-order valence-corrected chi connectivity index (χ4v) is 2.42. The number of hydrogen-bond acceptors (Lipinski definition) is 2. The molecule has 2 amide bonds. The largest absolute Gasteiger partial charge is 0.497 e. The van der Waals surface area contributed by atoms with E-state index in [1.165, 1.54) is 6.42 Å². The second-order valence-electron chi connectivity index (χ2n) is 5.06. The predicted molar refractivity (Wildman–Crippen MR) is 71.0 cm³/mol. The van der Waals surface area contributed by atoms with Gasteiger partial charge < -0.3 is 9.64 Å². The first-order chi connectivity index (χ1) is 8.70. The van der Waals surface area contributed by atoms with Crippen molar-refractivity contribution in [1.29, 1.82) is 0 Å². The lowest BCUT2D eigenvalue weighted by molar-refractivity contribution is 0.146. The van der Waals surface area contributed by atoms with Crippen molar-refractivity contribution >= 4 is 6.03 Å². The zero-order valence-electron chi connectivity index (χ0n) is 11.3. The van der Waals surface area contributed by atoms with Gasteiger partial charge in [-0.25, -0.2) is 4.79 Å². The van der Waals surface area contributed by atoms with Gasteiger partial charge >= 0.3 is 6.03 Å². The molecule has 0 aromatic carbocycles. The number of allylic oxidation sites excluding steroid dienone is 1. The van der Waals surface area contributed by atoms with Gasteiger partial charge in [-0.2, -0.15) is 0 Å². The molecule has 1 saturated heterocycles. The summed E-state index contributed by atoms with van der Waals surface area (Å²) in [7, 11) is 0. The minimum absolute atomic E-state index is 0.127. The van der Waals surface area contributed by atoms with Gasteiger partial charge in [0, 0.05) is 24.8 Å². The lowest BCUT2D eigenvalue weighted by atomic mass is 10.1. The van der Waals surface area contributed by atoms with Gasteiger partial charge in [0.15, 0.2) is 0 Å². The van der Waals surface area contributed by atoms with Crippen LogP contribution in [-0.2, 0) is 4.74 Å². The highest BCUT2D eigenvalue weighted by molar-refractivity contribution is 5.77. The first-order valence-corrected chi connectivity index (χ1v) is 6.76. The summed E-state index contributed by atoms with van der Waals surface area (Å²) in [6, 6.07) is 0.288. The highest BCUT2D eigenvalue weighted by Gasteiger charge is 2.26. The van der Waals surface area contributed by atoms with E-state index in [-0.39, 0.29) is 12.1 Å². The quantitative estimate of drug-likeness (QED) is 0.755. The Hall–Kier alpha value is -1.45. The molecule has 0 aromatic heterocycles. The standard InChI is InChI=1S/C14H22N2O2/c1-12(2)16(13-6-10-18-11-7-13)14(17)15-8-4-3-5-9-15/h6-7,10,12H,3-5,8-9,11H2,1-2H3. The van der Waals surface area contributed by atoms with Crippen molar-refractivity contribution in [2.24, 2.45) is 0 Å². The van der Waals surface area contributed by atoms with Crippen LogP contribution in [0.1, 0.15) is 33.1 Å². The van der Waals surface area contributed by atoms with Crippen LogP contribution >= 0.6 is 0 Å². The Morgan fingerprint density at radius 1 is 1.33 bits per heavy atom. The van der Waals surface area contributed by atoms with E-state index in [2.05, 4.69) is 0 Å². The molecule has 1 fully saturated rings. The van der Waals surface area contributed by atoms with Gasteiger partial charge in [0.1, 0.15) is 6.61 Å². The molecule has 100 valence electrons. The van der Waals surface area contributed by atoms with Crippen LogP contribution in [0, 0.1) is 0 Å². The Morgan fingerprint density at radius 2 is 2.06 bits per heavy atom. The van der Waals surface area contributed by atoms with Gasteiger partial charge in [0.05, 0.1) is 6.26 Å². The molecule has 0 spiro atoms. The number of amides is 2. The molecule has 0 radical (unpaired) electrons. The van der Waals surface area contributed by atoms with Crippen molar-refractivity contribution in [3.63, 3.8) is 0 Å². The van der Waals surface area contributed by atoms with E-state index in [1.807, 2.05) is 35.8 Å². The molecule has 0 bridgehead atoms. The summed E-state index contributed by atoms with van der Waals surface area (Å²) in [5.41, 5.74) is 0.951. The summed E-state index contributed by atoms with van der Waals surface area (Å²) in [6.07, 6.45) is 8.97. The van der Waals surface area contributed by atoms with E-state index in [9.17, 15) is 4.79 Å². The van der Waals surface area contributed by atoms with Crippen molar-refractivity contribution in [2.45, 2.75) is 39.2 Å². The zero-order valence-corrected chi connectivity index (χ0v) is 11.3. The summed E-state index contributed by atoms with van der Waals surface area (Å²) in [5, 5.41) is 0. The minimum atomic E-state index is 0.127. The molecule has 0 aromatic rings. The Bertz CT molecular complexity index is 355. The van der Waals surface area contributed by atoms with Gasteiger partial charge in [-0.15, -0.1) is 0 Å². The fourth-order valence-electron chi connectivity index (χ4n) is 2.42. The number of urea groups is 1. The van der Waals surface area contributed by atoms with Crippen LogP contribution in [0.5, 0.6) is 0 Å². The number of piperidine rings is 1. The molecule has 4 nitrogen and oxygen atoms in total. The molecular formula is C14H22N2O2. The highest BCUT2D eigenvalue weighted by atomic mass is 16.5. The van der Waals surface area contributed by atoms with Crippen LogP contribution in [0.25, 0.3) is 0 Å². The number of carbonyl (C=O) groups excluding carboxylic acids is 1. The van der Waals surface area contributed by atoms with E-state index in [1.54, 1.807) is 6.26 Å². The first kappa shape index (κ1) is 13.0. The number of rotatable bonds is 2. The van der Waals surface area contributed by atoms with Gasteiger partial charge in [0.25, 0.3) is 0 Å². The normalized spacial score (nSPS) is 19.5. The molecule has 2 rings (SSSR count). The number of carbonyl (C=O) groups is 1. The van der Waals surface area contributed by atoms with Crippen LogP contribution in [0.15, 0.2) is 24.1 Å². The number of likely N-dealkylation sites (tertiary alicyclic amines) is 1. The molecule has 4 heteroatoms. The summed E-state index contributed by atoms with van der Waals surface area (Å²) >= 11 is 0. The van der Waals surface area contributed by atoms with E-state index >= 15 is 0 Å². The molecule has 2 aliphatic rings. The van der Waals surface area contributed by atoms with Crippen LogP contribution in [0.3, 0.4) is 0 Å². The maximum Gasteiger partial charge on any atom is 0.324 e. The smallest absolute Gasteiger partial charge is 0.324 e. The molecule has 2 heterocycles. The minimum Gasteiger partial charge on any atom is -0.497 e. The van der Waals surface area contributed by atoms with E-state index < -0.39 is 0 Å². The topological polar surface area (TPSA) is 32.8 Å². The van der Waals surface area contributed by atoms with Crippen LogP contribution in [0.4, 0.5) is 4.79 Å². The number of nitrogens with zero attached hydrogens (tertiary/aromatic N) is 2. The van der Waals surface area contributed by atoms with Crippen LogP contribution in [0.2, 0.25) is 0 Å². The molecular weight excluding hydrogens is 228 g/mol. The molecule has 0 unspecified atom stereocenters. The van der Waals surface area contributed by atoms with E-state index in [4.69, 9.17) is 4.74 Å². The summed E-state index contributed by atoms with van der Waals surface area (Å²) in [5.74, 6) is 0. The Morgan fingerprint density at radius 3 is 2.61 bits per heavy atom. The average Bonchev–Trinajstić information content (AvgIpc) is 2.40. The van der Waals surface area contributed by atoms with Gasteiger partial charge in [-0.3, -0.25) is 4.90 Å². The van der Waals surface area contributed by atoms with Crippen molar-refractivity contribution < 1.29 is 9.53 Å². The predicted octanol–water partition coefficient (Wildman–Crippen LogP) is 2.73. The third-order valence-corrected chi connectivity index (χ3v) is 3.35. The van der Waals surface area contributed by atoms with E-state index in [0.717, 1.165) is 31.6 Å². The molecule has 18 heavy (non-hydrogen) atoms. The van der Waals surface area contributed by atoms with Crippen LogP contribution < -0.4 is 0 Å². The third kappa shape index (κ3) is 2.86. The van der Waals surface area contributed by atoms with E-state index in [0.29, 0.717) is 6.61 Å². The van der Waals surface area contributed by atoms with Crippen molar-refractivity contribution in [3.8, 4) is 0 Å². The third-order valence-electron chi connectivity index (χ3n) is 3.35. The molecule has 2 aliphatic heterocycles. The highest BCUT2D eigenvalue weighted by Crippen LogP contribution is 2.19. The monoisotopic (exact) mass is 250 g/mol. The molecule has 0 saturated carbocycles. The lowest BCUT2D eigenvalue weighted by Gasteiger charge is -2.36. The van der Waals surface area contributed by atoms with Gasteiger partial charge in [-0.1, -0.05) is 0 Å². The SMILES string of the molecule is CC(C)N(C(=O)N1CCCCC1)C1=CCOC=C1. The van der Waals surface area contributed by atoms with Crippen molar-refractivity contribution in [3.05, 3.63) is 24.1 Å². The maximum absolute atomic E-state index is 12.6. The molecule has 0 aliphatic carbocycles. The number of hydrogen-bond donors (Lipinski definition) is 0. The lowest BCUT2D eigenvalue weighted by Crippen LogP contribution is -2.47. The first-order valence-electron chi connectivity index (χ1n) is 6.76. The van der Waals surface area contributed by atoms with Gasteiger partial charge in [-0.05, 0) is 45.3 Å². The summed E-state index contributed by atoms with van der Waals surface area (Å²) in [4.78, 5) is 16.4.